The summed E-state index contributed by atoms with van der Waals surface area (Å²) in [5, 5.41) is 0. The number of hydrogen-bond acceptors (Lipinski definition) is 4. The minimum absolute atomic E-state index is 0.188. The molecule has 0 atom stereocenters. The zero-order chi connectivity index (χ0) is 23.2. The number of ketones is 3. The van der Waals surface area contributed by atoms with Gasteiger partial charge in [-0.15, -0.1) is 0 Å². The second-order valence-corrected chi connectivity index (χ2v) is 11.8. The summed E-state index contributed by atoms with van der Waals surface area (Å²) in [5.41, 5.74) is -1.96. The van der Waals surface area contributed by atoms with Crippen LogP contribution in [-0.2, 0) is 0 Å². The topological polar surface area (TPSA) is 60.4 Å². The van der Waals surface area contributed by atoms with Crippen LogP contribution in [0.25, 0.3) is 0 Å². The van der Waals surface area contributed by atoms with E-state index in [4.69, 9.17) is 4.74 Å². The summed E-state index contributed by atoms with van der Waals surface area (Å²) in [4.78, 5) is 40.1. The van der Waals surface area contributed by atoms with Gasteiger partial charge in [-0.3, -0.25) is 14.4 Å². The SMILES string of the molecule is CC(C)(C)Oc1cc(C(=O)C(C)(C)C)c(C(=O)C(C)(C)C)c(C(=O)C(C)(C)C)c1. The van der Waals surface area contributed by atoms with Crippen molar-refractivity contribution in [1.82, 2.24) is 0 Å². The van der Waals surface area contributed by atoms with Crippen LogP contribution in [0.4, 0.5) is 0 Å². The number of rotatable bonds is 4. The Morgan fingerprint density at radius 1 is 0.586 bits per heavy atom. The number of benzene rings is 1. The molecule has 4 heteroatoms. The van der Waals surface area contributed by atoms with Gasteiger partial charge in [0.15, 0.2) is 17.3 Å². The Bertz CT molecular complexity index is 769. The predicted molar refractivity (Wildman–Crippen MR) is 118 cm³/mol. The Hall–Kier alpha value is -1.97. The summed E-state index contributed by atoms with van der Waals surface area (Å²) in [6, 6.07) is 3.24. The van der Waals surface area contributed by atoms with Crippen LogP contribution in [-0.4, -0.2) is 23.0 Å². The highest BCUT2D eigenvalue weighted by Crippen LogP contribution is 2.36. The van der Waals surface area contributed by atoms with Gasteiger partial charge in [-0.1, -0.05) is 62.3 Å². The second-order valence-electron chi connectivity index (χ2n) is 11.8. The van der Waals surface area contributed by atoms with Crippen molar-refractivity contribution in [3.63, 3.8) is 0 Å². The molecule has 0 radical (unpaired) electrons. The monoisotopic (exact) mass is 402 g/mol. The highest BCUT2D eigenvalue weighted by atomic mass is 16.5. The van der Waals surface area contributed by atoms with Crippen molar-refractivity contribution in [3.8, 4) is 5.75 Å². The van der Waals surface area contributed by atoms with Gasteiger partial charge in [-0.05, 0) is 32.9 Å². The number of ether oxygens (including phenoxy) is 1. The first-order valence-electron chi connectivity index (χ1n) is 10.2. The molecule has 1 aromatic rings. The van der Waals surface area contributed by atoms with Gasteiger partial charge in [0.05, 0.1) is 0 Å². The summed E-state index contributed by atoms with van der Waals surface area (Å²) in [7, 11) is 0. The number of carbonyl (C=O) groups excluding carboxylic acids is 3. The van der Waals surface area contributed by atoms with Crippen molar-refractivity contribution in [1.29, 1.82) is 0 Å². The summed E-state index contributed by atoms with van der Waals surface area (Å²) >= 11 is 0. The maximum absolute atomic E-state index is 13.4. The van der Waals surface area contributed by atoms with E-state index in [1.54, 1.807) is 32.9 Å². The molecule has 0 N–H and O–H groups in total. The van der Waals surface area contributed by atoms with Crippen molar-refractivity contribution in [2.24, 2.45) is 16.2 Å². The molecule has 0 aliphatic heterocycles. The third-order valence-electron chi connectivity index (χ3n) is 4.30. The molecule has 0 saturated carbocycles. The average molecular weight is 403 g/mol. The lowest BCUT2D eigenvalue weighted by molar-refractivity contribution is 0.0804. The Kier molecular flexibility index (Phi) is 6.65. The molecule has 0 aliphatic rings. The van der Waals surface area contributed by atoms with Gasteiger partial charge in [0.1, 0.15) is 11.4 Å². The highest BCUT2D eigenvalue weighted by Gasteiger charge is 2.37. The van der Waals surface area contributed by atoms with Gasteiger partial charge in [-0.2, -0.15) is 0 Å². The molecule has 0 aliphatic carbocycles. The van der Waals surface area contributed by atoms with E-state index in [0.29, 0.717) is 5.75 Å². The molecular formula is C25H38O4. The van der Waals surface area contributed by atoms with Gasteiger partial charge >= 0.3 is 0 Å². The number of Topliss-reactive ketones (excluding diaryl/α,β-unsaturated/α-hetero) is 3. The van der Waals surface area contributed by atoms with E-state index in [1.165, 1.54) is 0 Å². The molecule has 0 saturated heterocycles. The van der Waals surface area contributed by atoms with Gasteiger partial charge < -0.3 is 4.74 Å². The van der Waals surface area contributed by atoms with E-state index in [1.807, 2.05) is 62.3 Å². The minimum Gasteiger partial charge on any atom is -0.488 e. The van der Waals surface area contributed by atoms with Crippen LogP contribution >= 0.6 is 0 Å². The van der Waals surface area contributed by atoms with Crippen LogP contribution in [0.1, 0.15) is 114 Å². The average Bonchev–Trinajstić information content (AvgIpc) is 2.47. The molecular weight excluding hydrogens is 364 g/mol. The van der Waals surface area contributed by atoms with Crippen molar-refractivity contribution in [3.05, 3.63) is 28.8 Å². The van der Waals surface area contributed by atoms with Gasteiger partial charge in [-0.25, -0.2) is 0 Å². The van der Waals surface area contributed by atoms with Gasteiger partial charge in [0, 0.05) is 32.9 Å². The minimum atomic E-state index is -0.744. The van der Waals surface area contributed by atoms with Crippen LogP contribution in [0.5, 0.6) is 5.75 Å². The molecule has 1 aromatic carbocycles. The number of carbonyl (C=O) groups is 3. The first-order chi connectivity index (χ1) is 12.7. The molecule has 162 valence electrons. The summed E-state index contributed by atoms with van der Waals surface area (Å²) in [6.45, 7) is 21.9. The smallest absolute Gasteiger partial charge is 0.169 e. The van der Waals surface area contributed by atoms with Crippen molar-refractivity contribution in [2.45, 2.75) is 88.7 Å². The van der Waals surface area contributed by atoms with E-state index >= 15 is 0 Å². The van der Waals surface area contributed by atoms with Crippen LogP contribution < -0.4 is 4.74 Å². The second kappa shape index (κ2) is 7.70. The molecule has 0 bridgehead atoms. The fourth-order valence-electron chi connectivity index (χ4n) is 2.81. The van der Waals surface area contributed by atoms with E-state index in [0.717, 1.165) is 0 Å². The summed E-state index contributed by atoms with van der Waals surface area (Å²) < 4.78 is 6.01. The molecule has 0 unspecified atom stereocenters. The van der Waals surface area contributed by atoms with E-state index in [9.17, 15) is 14.4 Å². The van der Waals surface area contributed by atoms with Crippen LogP contribution in [0.15, 0.2) is 12.1 Å². The van der Waals surface area contributed by atoms with Crippen LogP contribution in [0.3, 0.4) is 0 Å². The van der Waals surface area contributed by atoms with Crippen molar-refractivity contribution >= 4 is 17.3 Å². The largest absolute Gasteiger partial charge is 0.488 e. The molecule has 0 fully saturated rings. The fourth-order valence-corrected chi connectivity index (χ4v) is 2.81. The first kappa shape index (κ1) is 25.1. The standard InChI is InChI=1S/C25H38O4/c1-22(2,3)19(26)16-13-15(29-25(10,11)12)14-17(20(27)23(4,5)6)18(16)21(28)24(7,8)9/h13-14H,1-12H3. The van der Waals surface area contributed by atoms with E-state index < -0.39 is 21.8 Å². The maximum atomic E-state index is 13.4. The zero-order valence-corrected chi connectivity index (χ0v) is 20.3. The molecule has 4 nitrogen and oxygen atoms in total. The van der Waals surface area contributed by atoms with E-state index in [-0.39, 0.29) is 34.0 Å². The third-order valence-corrected chi connectivity index (χ3v) is 4.30. The van der Waals surface area contributed by atoms with Crippen molar-refractivity contribution < 1.29 is 19.1 Å². The molecule has 0 spiro atoms. The fraction of sp³-hybridized carbons (Fsp3) is 0.640. The zero-order valence-electron chi connectivity index (χ0n) is 20.3. The first-order valence-corrected chi connectivity index (χ1v) is 10.2. The third kappa shape index (κ3) is 6.25. The molecule has 0 heterocycles. The van der Waals surface area contributed by atoms with Gasteiger partial charge in [0.25, 0.3) is 0 Å². The maximum Gasteiger partial charge on any atom is 0.169 e. The molecule has 1 rings (SSSR count). The Morgan fingerprint density at radius 2 is 0.897 bits per heavy atom. The lowest BCUT2D eigenvalue weighted by Gasteiger charge is -2.28. The highest BCUT2D eigenvalue weighted by molar-refractivity contribution is 6.18. The van der Waals surface area contributed by atoms with Crippen LogP contribution in [0.2, 0.25) is 0 Å². The lowest BCUT2D eigenvalue weighted by Crippen LogP contribution is -2.32. The summed E-state index contributed by atoms with van der Waals surface area (Å²) in [5.74, 6) is -0.178. The Balaban J connectivity index is 4.04. The predicted octanol–water partition coefficient (Wildman–Crippen LogP) is 6.55. The molecule has 0 amide bonds. The summed E-state index contributed by atoms with van der Waals surface area (Å²) in [6.07, 6.45) is 0. The van der Waals surface area contributed by atoms with E-state index in [2.05, 4.69) is 0 Å². The van der Waals surface area contributed by atoms with Crippen LogP contribution in [0, 0.1) is 16.2 Å². The van der Waals surface area contributed by atoms with Crippen molar-refractivity contribution in [2.75, 3.05) is 0 Å². The lowest BCUT2D eigenvalue weighted by atomic mass is 9.75. The Morgan fingerprint density at radius 3 is 1.14 bits per heavy atom. The van der Waals surface area contributed by atoms with Gasteiger partial charge in [0.2, 0.25) is 0 Å². The number of hydrogen-bond donors (Lipinski definition) is 0. The molecule has 29 heavy (non-hydrogen) atoms. The Labute approximate surface area is 176 Å². The molecule has 0 aromatic heterocycles. The normalized spacial score (nSPS) is 13.2. The quantitative estimate of drug-likeness (QED) is 0.536.